The Labute approximate surface area is 163 Å². The Bertz CT molecular complexity index is 1030. The lowest BCUT2D eigenvalue weighted by molar-refractivity contribution is -0.124. The van der Waals surface area contributed by atoms with Crippen LogP contribution in [0.5, 0.6) is 0 Å². The molecule has 0 aliphatic rings. The van der Waals surface area contributed by atoms with Crippen molar-refractivity contribution in [1.29, 1.82) is 0 Å². The maximum Gasteiger partial charge on any atom is 0.266 e. The maximum absolute atomic E-state index is 13.0. The minimum absolute atomic E-state index is 0.0224. The van der Waals surface area contributed by atoms with E-state index < -0.39 is 15.9 Å². The third-order valence-electron chi connectivity index (χ3n) is 4.10. The van der Waals surface area contributed by atoms with Crippen LogP contribution in [0.4, 0.5) is 0 Å². The number of benzene rings is 2. The number of carbonyl (C=O) groups is 1. The van der Waals surface area contributed by atoms with Crippen LogP contribution in [0.25, 0.3) is 0 Å². The van der Waals surface area contributed by atoms with Gasteiger partial charge in [0.25, 0.3) is 10.0 Å². The largest absolute Gasteiger partial charge is 0.333 e. The highest BCUT2D eigenvalue weighted by atomic mass is 35.5. The highest BCUT2D eigenvalue weighted by molar-refractivity contribution is 7.89. The number of hydrogen-bond donors (Lipinski definition) is 0. The second-order valence-corrected chi connectivity index (χ2v) is 8.29. The first kappa shape index (κ1) is 19.1. The number of halogens is 1. The number of nitrogens with zero attached hydrogens (tertiary/aromatic N) is 3. The number of carbonyl (C=O) groups excluding carboxylic acids is 1. The summed E-state index contributed by atoms with van der Waals surface area (Å²) in [5.41, 5.74) is 1.66. The fraction of sp³-hybridized carbons (Fsp3) is 0.158. The van der Waals surface area contributed by atoms with E-state index in [1.54, 1.807) is 12.5 Å². The average Bonchev–Trinajstić information content (AvgIpc) is 3.14. The molecule has 0 N–H and O–H groups in total. The van der Waals surface area contributed by atoms with Gasteiger partial charge in [0, 0.05) is 30.9 Å². The molecular formula is C19H18ClN3O3S. The Morgan fingerprint density at radius 1 is 1.11 bits per heavy atom. The Morgan fingerprint density at radius 2 is 1.78 bits per heavy atom. The lowest BCUT2D eigenvalue weighted by Crippen LogP contribution is -2.35. The van der Waals surface area contributed by atoms with Crippen LogP contribution in [0.2, 0.25) is 5.02 Å². The molecule has 0 spiro atoms. The number of amides is 1. The molecular weight excluding hydrogens is 386 g/mol. The fourth-order valence-electron chi connectivity index (χ4n) is 2.70. The fourth-order valence-corrected chi connectivity index (χ4v) is 4.21. The van der Waals surface area contributed by atoms with E-state index in [2.05, 4.69) is 4.98 Å². The van der Waals surface area contributed by atoms with Gasteiger partial charge in [-0.2, -0.15) is 0 Å². The van der Waals surface area contributed by atoms with Crippen LogP contribution in [-0.4, -0.2) is 28.2 Å². The van der Waals surface area contributed by atoms with Crippen LogP contribution < -0.4 is 0 Å². The summed E-state index contributed by atoms with van der Waals surface area (Å²) in [6.07, 6.45) is 5.18. The molecule has 0 bridgehead atoms. The molecule has 0 radical (unpaired) electrons. The molecule has 140 valence electrons. The SMILES string of the molecule is CC(=O)N(Cc1ccccc1Cn1ccnc1)S(=O)(=O)c1ccc(Cl)cc1. The van der Waals surface area contributed by atoms with Gasteiger partial charge in [-0.25, -0.2) is 17.7 Å². The van der Waals surface area contributed by atoms with Crippen LogP contribution in [0, 0.1) is 0 Å². The summed E-state index contributed by atoms with van der Waals surface area (Å²) in [5.74, 6) is -0.553. The smallest absolute Gasteiger partial charge is 0.266 e. The normalized spacial score (nSPS) is 11.3. The zero-order valence-corrected chi connectivity index (χ0v) is 16.2. The Balaban J connectivity index is 1.94. The van der Waals surface area contributed by atoms with Gasteiger partial charge in [0.15, 0.2) is 0 Å². The van der Waals surface area contributed by atoms with Gasteiger partial charge in [0.05, 0.1) is 17.8 Å². The number of sulfonamides is 1. The monoisotopic (exact) mass is 403 g/mol. The number of imidazole rings is 1. The molecule has 1 heterocycles. The summed E-state index contributed by atoms with van der Waals surface area (Å²) < 4.78 is 28.7. The van der Waals surface area contributed by atoms with Crippen molar-refractivity contribution in [2.75, 3.05) is 0 Å². The van der Waals surface area contributed by atoms with Gasteiger partial charge >= 0.3 is 0 Å². The number of aromatic nitrogens is 2. The Kier molecular flexibility index (Phi) is 5.62. The summed E-state index contributed by atoms with van der Waals surface area (Å²) in [6.45, 7) is 1.72. The first-order valence-corrected chi connectivity index (χ1v) is 10.0. The molecule has 3 rings (SSSR count). The van der Waals surface area contributed by atoms with Crippen molar-refractivity contribution >= 4 is 27.5 Å². The summed E-state index contributed by atoms with van der Waals surface area (Å²) in [5, 5.41) is 0.425. The third-order valence-corrected chi connectivity index (χ3v) is 6.18. The molecule has 0 atom stereocenters. The van der Waals surface area contributed by atoms with Crippen molar-refractivity contribution in [2.45, 2.75) is 24.9 Å². The standard InChI is InChI=1S/C19H18ClN3O3S/c1-15(24)23(27(25,26)19-8-6-18(20)7-9-19)13-17-5-3-2-4-16(17)12-22-11-10-21-14-22/h2-11,14H,12-13H2,1H3. The molecule has 1 amide bonds. The van der Waals surface area contributed by atoms with E-state index in [4.69, 9.17) is 11.6 Å². The van der Waals surface area contributed by atoms with E-state index >= 15 is 0 Å². The highest BCUT2D eigenvalue weighted by Crippen LogP contribution is 2.22. The summed E-state index contributed by atoms with van der Waals surface area (Å²) in [7, 11) is -3.99. The first-order chi connectivity index (χ1) is 12.9. The van der Waals surface area contributed by atoms with Gasteiger partial charge in [-0.1, -0.05) is 35.9 Å². The van der Waals surface area contributed by atoms with Crippen molar-refractivity contribution in [1.82, 2.24) is 13.9 Å². The van der Waals surface area contributed by atoms with Crippen molar-refractivity contribution < 1.29 is 13.2 Å². The second kappa shape index (κ2) is 7.94. The van der Waals surface area contributed by atoms with Crippen LogP contribution in [0.3, 0.4) is 0 Å². The van der Waals surface area contributed by atoms with Crippen molar-refractivity contribution in [3.8, 4) is 0 Å². The number of rotatable bonds is 6. The molecule has 1 aromatic heterocycles. The van der Waals surface area contributed by atoms with Crippen molar-refractivity contribution in [3.05, 3.63) is 83.4 Å². The predicted molar refractivity (Wildman–Crippen MR) is 103 cm³/mol. The minimum Gasteiger partial charge on any atom is -0.333 e. The molecule has 0 aliphatic carbocycles. The van der Waals surface area contributed by atoms with Crippen molar-refractivity contribution in [2.24, 2.45) is 0 Å². The van der Waals surface area contributed by atoms with E-state index in [9.17, 15) is 13.2 Å². The van der Waals surface area contributed by atoms with E-state index in [0.717, 1.165) is 15.4 Å². The lowest BCUT2D eigenvalue weighted by Gasteiger charge is -2.22. The molecule has 0 saturated carbocycles. The van der Waals surface area contributed by atoms with E-state index in [1.165, 1.54) is 31.2 Å². The average molecular weight is 404 g/mol. The first-order valence-electron chi connectivity index (χ1n) is 8.19. The van der Waals surface area contributed by atoms with Gasteiger partial charge in [0.2, 0.25) is 5.91 Å². The molecule has 0 fully saturated rings. The highest BCUT2D eigenvalue weighted by Gasteiger charge is 2.27. The van der Waals surface area contributed by atoms with Crippen LogP contribution in [-0.2, 0) is 27.9 Å². The van der Waals surface area contributed by atoms with Gasteiger partial charge in [0.1, 0.15) is 0 Å². The Hall–Kier alpha value is -2.64. The molecule has 6 nitrogen and oxygen atoms in total. The summed E-state index contributed by atoms with van der Waals surface area (Å²) >= 11 is 5.84. The molecule has 8 heteroatoms. The number of hydrogen-bond acceptors (Lipinski definition) is 4. The van der Waals surface area contributed by atoms with Crippen LogP contribution in [0.15, 0.2) is 72.1 Å². The van der Waals surface area contributed by atoms with E-state index in [0.29, 0.717) is 11.6 Å². The quantitative estimate of drug-likeness (QED) is 0.632. The third kappa shape index (κ3) is 4.37. The molecule has 2 aromatic carbocycles. The zero-order valence-electron chi connectivity index (χ0n) is 14.6. The zero-order chi connectivity index (χ0) is 19.4. The molecule has 3 aromatic rings. The van der Waals surface area contributed by atoms with Crippen molar-refractivity contribution in [3.63, 3.8) is 0 Å². The lowest BCUT2D eigenvalue weighted by atomic mass is 10.1. The van der Waals surface area contributed by atoms with E-state index in [-0.39, 0.29) is 11.4 Å². The molecule has 0 aliphatic heterocycles. The van der Waals surface area contributed by atoms with Crippen LogP contribution >= 0.6 is 11.6 Å². The minimum atomic E-state index is -3.99. The predicted octanol–water partition coefficient (Wildman–Crippen LogP) is 3.32. The van der Waals surface area contributed by atoms with Crippen LogP contribution in [0.1, 0.15) is 18.1 Å². The Morgan fingerprint density at radius 3 is 2.37 bits per heavy atom. The maximum atomic E-state index is 13.0. The van der Waals surface area contributed by atoms with Gasteiger partial charge < -0.3 is 4.57 Å². The molecule has 27 heavy (non-hydrogen) atoms. The van der Waals surface area contributed by atoms with Gasteiger partial charge in [-0.3, -0.25) is 4.79 Å². The van der Waals surface area contributed by atoms with E-state index in [1.807, 2.05) is 35.0 Å². The summed E-state index contributed by atoms with van der Waals surface area (Å²) in [6, 6.07) is 13.2. The second-order valence-electron chi connectivity index (χ2n) is 5.99. The topological polar surface area (TPSA) is 72.3 Å². The van der Waals surface area contributed by atoms with Gasteiger partial charge in [-0.15, -0.1) is 0 Å². The molecule has 0 saturated heterocycles. The molecule has 0 unspecified atom stereocenters. The van der Waals surface area contributed by atoms with Gasteiger partial charge in [-0.05, 0) is 35.4 Å². The summed E-state index contributed by atoms with van der Waals surface area (Å²) in [4.78, 5) is 16.2.